The molecule has 0 aliphatic heterocycles. The maximum Gasteiger partial charge on any atom is 0.267 e. The van der Waals surface area contributed by atoms with Crippen molar-refractivity contribution >= 4 is 61.9 Å². The van der Waals surface area contributed by atoms with Crippen LogP contribution in [0.4, 0.5) is 11.4 Å². The Morgan fingerprint density at radius 3 is 2.43 bits per heavy atom. The summed E-state index contributed by atoms with van der Waals surface area (Å²) in [5, 5.41) is 4.81. The van der Waals surface area contributed by atoms with Gasteiger partial charge in [-0.3, -0.25) is 4.79 Å². The van der Waals surface area contributed by atoms with Crippen molar-refractivity contribution in [3.8, 4) is 0 Å². The van der Waals surface area contributed by atoms with E-state index in [1.54, 1.807) is 6.07 Å². The van der Waals surface area contributed by atoms with Gasteiger partial charge in [-0.1, -0.05) is 29.3 Å². The zero-order valence-electron chi connectivity index (χ0n) is 12.6. The molecule has 0 fully saturated rings. The van der Waals surface area contributed by atoms with Gasteiger partial charge < -0.3 is 10.2 Å². The van der Waals surface area contributed by atoms with Crippen molar-refractivity contribution in [1.29, 1.82) is 0 Å². The standard InChI is InChI=1S/C17H14Cl2N2OS/c1-21(2)12-6-4-11(5-7-12)20-17(22)16-15(19)13-8-3-10(18)9-14(13)23-16/h3-9H,1-2H3,(H,20,22). The van der Waals surface area contributed by atoms with Crippen LogP contribution in [0.15, 0.2) is 42.5 Å². The van der Waals surface area contributed by atoms with E-state index in [2.05, 4.69) is 5.32 Å². The molecule has 0 bridgehead atoms. The lowest BCUT2D eigenvalue weighted by Gasteiger charge is -2.12. The third kappa shape index (κ3) is 3.29. The van der Waals surface area contributed by atoms with Crippen LogP contribution in [-0.4, -0.2) is 20.0 Å². The van der Waals surface area contributed by atoms with Crippen LogP contribution in [0.5, 0.6) is 0 Å². The second-order valence-electron chi connectivity index (χ2n) is 5.28. The first-order chi connectivity index (χ1) is 11.0. The summed E-state index contributed by atoms with van der Waals surface area (Å²) in [6, 6.07) is 13.0. The highest BCUT2D eigenvalue weighted by molar-refractivity contribution is 7.21. The third-order valence-corrected chi connectivity index (χ3v) is 5.33. The Morgan fingerprint density at radius 1 is 1.09 bits per heavy atom. The molecule has 0 unspecified atom stereocenters. The monoisotopic (exact) mass is 364 g/mol. The molecule has 0 saturated heterocycles. The lowest BCUT2D eigenvalue weighted by molar-refractivity contribution is 0.103. The van der Waals surface area contributed by atoms with Gasteiger partial charge in [-0.25, -0.2) is 0 Å². The molecule has 1 N–H and O–H groups in total. The fraction of sp³-hybridized carbons (Fsp3) is 0.118. The van der Waals surface area contributed by atoms with E-state index < -0.39 is 0 Å². The molecule has 1 aromatic heterocycles. The Labute approximate surface area is 148 Å². The van der Waals surface area contributed by atoms with E-state index in [-0.39, 0.29) is 5.91 Å². The van der Waals surface area contributed by atoms with Crippen LogP contribution in [0, 0.1) is 0 Å². The summed E-state index contributed by atoms with van der Waals surface area (Å²) in [4.78, 5) is 15.0. The SMILES string of the molecule is CN(C)c1ccc(NC(=O)c2sc3cc(Cl)ccc3c2Cl)cc1. The van der Waals surface area contributed by atoms with Crippen molar-refractivity contribution in [2.24, 2.45) is 0 Å². The van der Waals surface area contributed by atoms with E-state index in [9.17, 15) is 4.79 Å². The third-order valence-electron chi connectivity index (χ3n) is 3.44. The molecule has 0 spiro atoms. The molecule has 2 aromatic carbocycles. The summed E-state index contributed by atoms with van der Waals surface area (Å²) in [5.41, 5.74) is 1.80. The van der Waals surface area contributed by atoms with Gasteiger partial charge in [-0.2, -0.15) is 0 Å². The van der Waals surface area contributed by atoms with Gasteiger partial charge in [-0.15, -0.1) is 11.3 Å². The van der Waals surface area contributed by atoms with Crippen molar-refractivity contribution in [1.82, 2.24) is 0 Å². The fourth-order valence-electron chi connectivity index (χ4n) is 2.22. The number of hydrogen-bond donors (Lipinski definition) is 1. The highest BCUT2D eigenvalue weighted by Gasteiger charge is 2.17. The van der Waals surface area contributed by atoms with E-state index >= 15 is 0 Å². The summed E-state index contributed by atoms with van der Waals surface area (Å²) in [6.07, 6.45) is 0. The summed E-state index contributed by atoms with van der Waals surface area (Å²) in [6.45, 7) is 0. The minimum atomic E-state index is -0.218. The first-order valence-electron chi connectivity index (χ1n) is 6.92. The number of nitrogens with one attached hydrogen (secondary N) is 1. The van der Waals surface area contributed by atoms with Crippen molar-refractivity contribution in [3.05, 3.63) is 57.4 Å². The number of rotatable bonds is 3. The molecule has 0 aliphatic rings. The normalized spacial score (nSPS) is 10.8. The zero-order chi connectivity index (χ0) is 16.6. The molecule has 6 heteroatoms. The van der Waals surface area contributed by atoms with Crippen LogP contribution in [-0.2, 0) is 0 Å². The molecule has 118 valence electrons. The Morgan fingerprint density at radius 2 is 1.78 bits per heavy atom. The zero-order valence-corrected chi connectivity index (χ0v) is 14.9. The minimum absolute atomic E-state index is 0.218. The molecule has 3 rings (SSSR count). The topological polar surface area (TPSA) is 32.3 Å². The summed E-state index contributed by atoms with van der Waals surface area (Å²) in [5.74, 6) is -0.218. The van der Waals surface area contributed by atoms with Crippen molar-refractivity contribution < 1.29 is 4.79 Å². The minimum Gasteiger partial charge on any atom is -0.378 e. The van der Waals surface area contributed by atoms with E-state index in [4.69, 9.17) is 23.2 Å². The Bertz CT molecular complexity index is 872. The van der Waals surface area contributed by atoms with Crippen molar-refractivity contribution in [2.75, 3.05) is 24.3 Å². The molecular formula is C17H14Cl2N2OS. The van der Waals surface area contributed by atoms with Crippen LogP contribution in [0.1, 0.15) is 9.67 Å². The number of carbonyl (C=O) groups is 1. The number of hydrogen-bond acceptors (Lipinski definition) is 3. The van der Waals surface area contributed by atoms with Gasteiger partial charge in [0.2, 0.25) is 0 Å². The van der Waals surface area contributed by atoms with E-state index in [0.29, 0.717) is 14.9 Å². The summed E-state index contributed by atoms with van der Waals surface area (Å²) < 4.78 is 0.899. The van der Waals surface area contributed by atoms with Crippen LogP contribution in [0.3, 0.4) is 0 Å². The van der Waals surface area contributed by atoms with Crippen LogP contribution < -0.4 is 10.2 Å². The molecule has 3 nitrogen and oxygen atoms in total. The second-order valence-corrected chi connectivity index (χ2v) is 7.15. The Balaban J connectivity index is 1.87. The van der Waals surface area contributed by atoms with E-state index in [1.807, 2.05) is 55.4 Å². The number of nitrogens with zero attached hydrogens (tertiary/aromatic N) is 1. The number of thiophene rings is 1. The molecule has 0 aliphatic carbocycles. The number of anilines is 2. The molecule has 1 amide bonds. The second kappa shape index (κ2) is 6.40. The number of halogens is 2. The average molecular weight is 365 g/mol. The smallest absolute Gasteiger partial charge is 0.267 e. The van der Waals surface area contributed by atoms with Gasteiger partial charge >= 0.3 is 0 Å². The number of carbonyl (C=O) groups excluding carboxylic acids is 1. The van der Waals surface area contributed by atoms with Crippen molar-refractivity contribution in [2.45, 2.75) is 0 Å². The largest absolute Gasteiger partial charge is 0.378 e. The molecule has 23 heavy (non-hydrogen) atoms. The predicted octanol–water partition coefficient (Wildman–Crippen LogP) is 5.53. The molecule has 0 radical (unpaired) electrons. The lowest BCUT2D eigenvalue weighted by atomic mass is 10.2. The maximum atomic E-state index is 12.5. The van der Waals surface area contributed by atoms with Gasteiger partial charge in [0.1, 0.15) is 4.88 Å². The predicted molar refractivity (Wildman–Crippen MR) is 101 cm³/mol. The lowest BCUT2D eigenvalue weighted by Crippen LogP contribution is -2.11. The summed E-state index contributed by atoms with van der Waals surface area (Å²) >= 11 is 13.7. The molecule has 3 aromatic rings. The number of amides is 1. The molecular weight excluding hydrogens is 351 g/mol. The van der Waals surface area contributed by atoms with Crippen molar-refractivity contribution in [3.63, 3.8) is 0 Å². The highest BCUT2D eigenvalue weighted by atomic mass is 35.5. The molecule has 0 saturated carbocycles. The highest BCUT2D eigenvalue weighted by Crippen LogP contribution is 2.37. The van der Waals surface area contributed by atoms with Gasteiger partial charge in [-0.05, 0) is 36.4 Å². The number of fused-ring (bicyclic) bond motifs is 1. The average Bonchev–Trinajstić information content (AvgIpc) is 2.84. The summed E-state index contributed by atoms with van der Waals surface area (Å²) in [7, 11) is 3.94. The van der Waals surface area contributed by atoms with Crippen LogP contribution >= 0.6 is 34.5 Å². The van der Waals surface area contributed by atoms with Gasteiger partial charge in [0.25, 0.3) is 5.91 Å². The molecule has 1 heterocycles. The van der Waals surface area contributed by atoms with Crippen LogP contribution in [0.2, 0.25) is 10.0 Å². The fourth-order valence-corrected chi connectivity index (χ4v) is 3.90. The Kier molecular flexibility index (Phi) is 4.48. The molecule has 0 atom stereocenters. The van der Waals surface area contributed by atoms with Gasteiger partial charge in [0.05, 0.1) is 5.02 Å². The maximum absolute atomic E-state index is 12.5. The first-order valence-corrected chi connectivity index (χ1v) is 8.49. The van der Waals surface area contributed by atoms with E-state index in [0.717, 1.165) is 21.5 Å². The first kappa shape index (κ1) is 16.1. The quantitative estimate of drug-likeness (QED) is 0.662. The number of benzene rings is 2. The Hall–Kier alpha value is -1.75. The van der Waals surface area contributed by atoms with Crippen LogP contribution in [0.25, 0.3) is 10.1 Å². The van der Waals surface area contributed by atoms with E-state index in [1.165, 1.54) is 11.3 Å². The van der Waals surface area contributed by atoms with Gasteiger partial charge in [0, 0.05) is 40.6 Å². The van der Waals surface area contributed by atoms with Gasteiger partial charge in [0.15, 0.2) is 0 Å².